The SMILES string of the molecule is COC(=O)c1c(OC)ccnc1N[C@@H]1CC[C@@H](C)N(C(=O)c2cccc(F)c2-c2noc(C)n2)C1. The summed E-state index contributed by atoms with van der Waals surface area (Å²) in [4.78, 5) is 36.1. The highest BCUT2D eigenvalue weighted by Gasteiger charge is 2.33. The molecule has 0 radical (unpaired) electrons. The Morgan fingerprint density at radius 2 is 2.03 bits per heavy atom. The lowest BCUT2D eigenvalue weighted by Crippen LogP contribution is -2.50. The second-order valence-corrected chi connectivity index (χ2v) is 8.25. The Labute approximate surface area is 201 Å². The van der Waals surface area contributed by atoms with E-state index in [2.05, 4.69) is 20.4 Å². The number of ether oxygens (including phenoxy) is 2. The van der Waals surface area contributed by atoms with Crippen LogP contribution in [0.5, 0.6) is 5.75 Å². The summed E-state index contributed by atoms with van der Waals surface area (Å²) >= 11 is 0. The standard InChI is InChI=1S/C24H26FN5O5/c1-13-8-9-15(28-21-20(24(32)34-4)18(33-3)10-11-26-21)12-30(13)23(31)16-6-5-7-17(25)19(16)22-27-14(2)35-29-22/h5-7,10-11,13,15H,8-9,12H2,1-4H3,(H,26,28)/t13-,15-/m1/s1. The van der Waals surface area contributed by atoms with Crippen LogP contribution >= 0.6 is 0 Å². The Morgan fingerprint density at radius 3 is 2.71 bits per heavy atom. The molecule has 0 bridgehead atoms. The number of rotatable bonds is 6. The molecule has 3 heterocycles. The first-order valence-corrected chi connectivity index (χ1v) is 11.1. The van der Waals surface area contributed by atoms with Gasteiger partial charge in [-0.3, -0.25) is 4.79 Å². The van der Waals surface area contributed by atoms with E-state index in [1.165, 1.54) is 32.5 Å². The topological polar surface area (TPSA) is 120 Å². The molecule has 0 saturated carbocycles. The van der Waals surface area contributed by atoms with Crippen molar-refractivity contribution < 1.29 is 28.0 Å². The van der Waals surface area contributed by atoms with E-state index in [4.69, 9.17) is 14.0 Å². The molecule has 35 heavy (non-hydrogen) atoms. The van der Waals surface area contributed by atoms with Gasteiger partial charge in [0.2, 0.25) is 11.7 Å². The number of benzene rings is 1. The van der Waals surface area contributed by atoms with Gasteiger partial charge in [0, 0.05) is 31.7 Å². The number of likely N-dealkylation sites (tertiary alicyclic amines) is 1. The van der Waals surface area contributed by atoms with E-state index < -0.39 is 11.8 Å². The largest absolute Gasteiger partial charge is 0.496 e. The Balaban J connectivity index is 1.62. The lowest BCUT2D eigenvalue weighted by atomic mass is 9.96. The van der Waals surface area contributed by atoms with Gasteiger partial charge in [-0.25, -0.2) is 14.2 Å². The summed E-state index contributed by atoms with van der Waals surface area (Å²) < 4.78 is 30.0. The molecule has 4 rings (SSSR count). The molecule has 11 heteroatoms. The third-order valence-electron chi connectivity index (χ3n) is 6.00. The van der Waals surface area contributed by atoms with Gasteiger partial charge in [-0.05, 0) is 38.0 Å². The molecule has 1 aromatic carbocycles. The molecule has 1 N–H and O–H groups in total. The van der Waals surface area contributed by atoms with Gasteiger partial charge in [0.1, 0.15) is 22.9 Å². The molecule has 3 aromatic rings. The maximum Gasteiger partial charge on any atom is 0.345 e. The number of aromatic nitrogens is 3. The van der Waals surface area contributed by atoms with Crippen molar-refractivity contribution in [2.75, 3.05) is 26.1 Å². The summed E-state index contributed by atoms with van der Waals surface area (Å²) in [5.41, 5.74) is 0.320. The lowest BCUT2D eigenvalue weighted by Gasteiger charge is -2.39. The first kappa shape index (κ1) is 24.1. The number of amides is 1. The van der Waals surface area contributed by atoms with Crippen molar-refractivity contribution >= 4 is 17.7 Å². The minimum absolute atomic E-state index is 0.000859. The molecule has 2 aromatic heterocycles. The molecular formula is C24H26FN5O5. The summed E-state index contributed by atoms with van der Waals surface area (Å²) in [6, 6.07) is 5.54. The number of hydrogen-bond acceptors (Lipinski definition) is 9. The number of carbonyl (C=O) groups is 2. The average molecular weight is 484 g/mol. The highest BCUT2D eigenvalue weighted by molar-refractivity contribution is 6.00. The zero-order valence-corrected chi connectivity index (χ0v) is 19.9. The predicted molar refractivity (Wildman–Crippen MR) is 124 cm³/mol. The Kier molecular flexibility index (Phi) is 6.94. The maximum atomic E-state index is 14.8. The summed E-state index contributed by atoms with van der Waals surface area (Å²) in [5, 5.41) is 7.06. The second kappa shape index (κ2) is 10.1. The smallest absolute Gasteiger partial charge is 0.345 e. The van der Waals surface area contributed by atoms with Crippen LogP contribution in [0.4, 0.5) is 10.2 Å². The fourth-order valence-corrected chi connectivity index (χ4v) is 4.21. The highest BCUT2D eigenvalue weighted by Crippen LogP contribution is 2.30. The van der Waals surface area contributed by atoms with Crippen LogP contribution in [0.15, 0.2) is 35.0 Å². The van der Waals surface area contributed by atoms with Gasteiger partial charge >= 0.3 is 5.97 Å². The molecule has 1 fully saturated rings. The molecule has 0 unspecified atom stereocenters. The average Bonchev–Trinajstić information content (AvgIpc) is 3.29. The molecular weight excluding hydrogens is 457 g/mol. The molecule has 1 aliphatic rings. The Bertz CT molecular complexity index is 1250. The molecule has 184 valence electrons. The van der Waals surface area contributed by atoms with E-state index in [1.54, 1.807) is 24.0 Å². The number of aryl methyl sites for hydroxylation is 1. The van der Waals surface area contributed by atoms with Crippen LogP contribution in [0.1, 0.15) is 46.4 Å². The number of anilines is 1. The molecule has 2 atom stereocenters. The quantitative estimate of drug-likeness (QED) is 0.526. The van der Waals surface area contributed by atoms with Gasteiger partial charge in [0.25, 0.3) is 5.91 Å². The molecule has 0 aliphatic carbocycles. The zero-order chi connectivity index (χ0) is 25.1. The van der Waals surface area contributed by atoms with Crippen LogP contribution in [0.25, 0.3) is 11.4 Å². The first-order chi connectivity index (χ1) is 16.8. The fraction of sp³-hybridized carbons (Fsp3) is 0.375. The van der Waals surface area contributed by atoms with Crippen LogP contribution < -0.4 is 10.1 Å². The highest BCUT2D eigenvalue weighted by atomic mass is 19.1. The minimum Gasteiger partial charge on any atom is -0.496 e. The second-order valence-electron chi connectivity index (χ2n) is 8.25. The zero-order valence-electron chi connectivity index (χ0n) is 19.9. The summed E-state index contributed by atoms with van der Waals surface area (Å²) in [6.07, 6.45) is 2.94. The summed E-state index contributed by atoms with van der Waals surface area (Å²) in [6.45, 7) is 3.84. The Morgan fingerprint density at radius 1 is 1.23 bits per heavy atom. The number of pyridine rings is 1. The van der Waals surface area contributed by atoms with Crippen molar-refractivity contribution in [2.24, 2.45) is 0 Å². The van der Waals surface area contributed by atoms with Crippen molar-refractivity contribution in [1.29, 1.82) is 0 Å². The van der Waals surface area contributed by atoms with Crippen molar-refractivity contribution in [3.05, 3.63) is 53.3 Å². The van der Waals surface area contributed by atoms with E-state index in [-0.39, 0.29) is 46.4 Å². The molecule has 1 saturated heterocycles. The van der Waals surface area contributed by atoms with Gasteiger partial charge in [-0.2, -0.15) is 4.98 Å². The lowest BCUT2D eigenvalue weighted by molar-refractivity contribution is 0.0591. The van der Waals surface area contributed by atoms with Gasteiger partial charge in [-0.1, -0.05) is 11.2 Å². The van der Waals surface area contributed by atoms with Crippen LogP contribution in [0, 0.1) is 12.7 Å². The van der Waals surface area contributed by atoms with Crippen molar-refractivity contribution in [3.63, 3.8) is 0 Å². The number of methoxy groups -OCH3 is 2. The van der Waals surface area contributed by atoms with E-state index in [0.717, 1.165) is 6.42 Å². The number of carbonyl (C=O) groups excluding carboxylic acids is 2. The van der Waals surface area contributed by atoms with E-state index >= 15 is 0 Å². The number of hydrogen-bond donors (Lipinski definition) is 1. The third kappa shape index (κ3) is 4.79. The normalized spacial score (nSPS) is 17.7. The van der Waals surface area contributed by atoms with Gasteiger partial charge in [-0.15, -0.1) is 0 Å². The third-order valence-corrected chi connectivity index (χ3v) is 6.00. The van der Waals surface area contributed by atoms with Gasteiger partial charge in [0.15, 0.2) is 0 Å². The van der Waals surface area contributed by atoms with E-state index in [1.807, 2.05) is 6.92 Å². The van der Waals surface area contributed by atoms with Crippen molar-refractivity contribution in [3.8, 4) is 17.1 Å². The number of esters is 1. The first-order valence-electron chi connectivity index (χ1n) is 11.1. The maximum absolute atomic E-state index is 14.8. The number of piperidine rings is 1. The molecule has 1 aliphatic heterocycles. The molecule has 1 amide bonds. The van der Waals surface area contributed by atoms with Crippen LogP contribution in [-0.4, -0.2) is 64.7 Å². The van der Waals surface area contributed by atoms with Crippen LogP contribution in [0.3, 0.4) is 0 Å². The van der Waals surface area contributed by atoms with Crippen molar-refractivity contribution in [2.45, 2.75) is 38.8 Å². The monoisotopic (exact) mass is 483 g/mol. The fourth-order valence-electron chi connectivity index (χ4n) is 4.21. The predicted octanol–water partition coefficient (Wildman–Crippen LogP) is 3.48. The van der Waals surface area contributed by atoms with E-state index in [0.29, 0.717) is 24.5 Å². The Hall–Kier alpha value is -4.02. The molecule has 0 spiro atoms. The summed E-state index contributed by atoms with van der Waals surface area (Å²) in [5.74, 6) is -0.638. The number of nitrogens with zero attached hydrogens (tertiary/aromatic N) is 4. The van der Waals surface area contributed by atoms with Crippen molar-refractivity contribution in [1.82, 2.24) is 20.0 Å². The van der Waals surface area contributed by atoms with Crippen LogP contribution in [-0.2, 0) is 4.74 Å². The van der Waals surface area contributed by atoms with E-state index in [9.17, 15) is 14.0 Å². The van der Waals surface area contributed by atoms with Gasteiger partial charge in [0.05, 0.1) is 25.3 Å². The summed E-state index contributed by atoms with van der Waals surface area (Å²) in [7, 11) is 2.74. The number of nitrogens with one attached hydrogen (secondary N) is 1. The van der Waals surface area contributed by atoms with Crippen LogP contribution in [0.2, 0.25) is 0 Å². The number of halogens is 1. The van der Waals surface area contributed by atoms with Gasteiger partial charge < -0.3 is 24.2 Å². The minimum atomic E-state index is -0.612. The molecule has 10 nitrogen and oxygen atoms in total.